The van der Waals surface area contributed by atoms with Crippen molar-refractivity contribution in [3.8, 4) is 0 Å². The SMILES string of the molecule is CCCCN=C(N)NCCc1cccnc1. The molecule has 0 atom stereocenters. The average molecular weight is 220 g/mol. The minimum atomic E-state index is 0.539. The number of guanidine groups is 1. The van der Waals surface area contributed by atoms with Gasteiger partial charge in [0.25, 0.3) is 0 Å². The van der Waals surface area contributed by atoms with Gasteiger partial charge in [0.2, 0.25) is 0 Å². The van der Waals surface area contributed by atoms with Gasteiger partial charge in [-0.1, -0.05) is 19.4 Å². The second-order valence-electron chi connectivity index (χ2n) is 3.66. The van der Waals surface area contributed by atoms with E-state index in [4.69, 9.17) is 5.73 Å². The molecular weight excluding hydrogens is 200 g/mol. The first-order chi connectivity index (χ1) is 7.83. The summed E-state index contributed by atoms with van der Waals surface area (Å²) in [5, 5.41) is 3.09. The van der Waals surface area contributed by atoms with Gasteiger partial charge in [0.05, 0.1) is 0 Å². The van der Waals surface area contributed by atoms with Crippen LogP contribution in [0.5, 0.6) is 0 Å². The Kier molecular flexibility index (Phi) is 5.99. The number of aromatic nitrogens is 1. The summed E-state index contributed by atoms with van der Waals surface area (Å²) in [7, 11) is 0. The highest BCUT2D eigenvalue weighted by molar-refractivity contribution is 5.77. The van der Waals surface area contributed by atoms with Crippen LogP contribution in [0.3, 0.4) is 0 Å². The molecule has 16 heavy (non-hydrogen) atoms. The van der Waals surface area contributed by atoms with Crippen molar-refractivity contribution < 1.29 is 0 Å². The van der Waals surface area contributed by atoms with Gasteiger partial charge >= 0.3 is 0 Å². The molecule has 0 fully saturated rings. The minimum Gasteiger partial charge on any atom is -0.370 e. The number of hydrogen-bond donors (Lipinski definition) is 2. The summed E-state index contributed by atoms with van der Waals surface area (Å²) in [6.45, 7) is 3.75. The van der Waals surface area contributed by atoms with Gasteiger partial charge in [-0.25, -0.2) is 0 Å². The Morgan fingerprint density at radius 2 is 2.44 bits per heavy atom. The lowest BCUT2D eigenvalue weighted by Crippen LogP contribution is -2.33. The molecule has 1 heterocycles. The van der Waals surface area contributed by atoms with Crippen LogP contribution in [0.25, 0.3) is 0 Å². The fraction of sp³-hybridized carbons (Fsp3) is 0.500. The molecule has 0 unspecified atom stereocenters. The predicted molar refractivity (Wildman–Crippen MR) is 67.3 cm³/mol. The van der Waals surface area contributed by atoms with Gasteiger partial charge in [0.15, 0.2) is 5.96 Å². The molecule has 0 amide bonds. The third-order valence-electron chi connectivity index (χ3n) is 2.24. The maximum Gasteiger partial charge on any atom is 0.188 e. The van der Waals surface area contributed by atoms with Crippen molar-refractivity contribution in [1.29, 1.82) is 0 Å². The first-order valence-electron chi connectivity index (χ1n) is 5.75. The van der Waals surface area contributed by atoms with Gasteiger partial charge < -0.3 is 11.1 Å². The molecule has 1 rings (SSSR count). The molecule has 0 aromatic carbocycles. The quantitative estimate of drug-likeness (QED) is 0.432. The van der Waals surface area contributed by atoms with Crippen LogP contribution in [0.1, 0.15) is 25.3 Å². The van der Waals surface area contributed by atoms with E-state index in [0.29, 0.717) is 5.96 Å². The molecule has 0 bridgehead atoms. The Morgan fingerprint density at radius 1 is 1.56 bits per heavy atom. The molecule has 1 aromatic rings. The molecule has 0 saturated carbocycles. The van der Waals surface area contributed by atoms with E-state index in [2.05, 4.69) is 28.3 Å². The molecule has 0 radical (unpaired) electrons. The Bertz CT molecular complexity index is 308. The van der Waals surface area contributed by atoms with E-state index in [9.17, 15) is 0 Å². The molecule has 1 aromatic heterocycles. The molecule has 88 valence electrons. The van der Waals surface area contributed by atoms with Crippen LogP contribution in [-0.4, -0.2) is 24.0 Å². The van der Waals surface area contributed by atoms with E-state index >= 15 is 0 Å². The van der Waals surface area contributed by atoms with E-state index < -0.39 is 0 Å². The summed E-state index contributed by atoms with van der Waals surface area (Å²) in [5.41, 5.74) is 6.91. The highest BCUT2D eigenvalue weighted by Crippen LogP contribution is 1.95. The summed E-state index contributed by atoms with van der Waals surface area (Å²) in [4.78, 5) is 8.27. The van der Waals surface area contributed by atoms with Crippen molar-refractivity contribution in [1.82, 2.24) is 10.3 Å². The van der Waals surface area contributed by atoms with Gasteiger partial charge in [-0.15, -0.1) is 0 Å². The molecule has 0 aliphatic heterocycles. The zero-order valence-electron chi connectivity index (χ0n) is 9.82. The fourth-order valence-corrected chi connectivity index (χ4v) is 1.29. The Hall–Kier alpha value is -1.58. The van der Waals surface area contributed by atoms with Gasteiger partial charge in [-0.05, 0) is 24.5 Å². The second kappa shape index (κ2) is 7.68. The maximum absolute atomic E-state index is 5.70. The Balaban J connectivity index is 2.18. The number of hydrogen-bond acceptors (Lipinski definition) is 2. The maximum atomic E-state index is 5.70. The van der Waals surface area contributed by atoms with Crippen molar-refractivity contribution in [3.63, 3.8) is 0 Å². The van der Waals surface area contributed by atoms with Crippen LogP contribution in [0.2, 0.25) is 0 Å². The van der Waals surface area contributed by atoms with Crippen LogP contribution in [0.15, 0.2) is 29.5 Å². The lowest BCUT2D eigenvalue weighted by atomic mass is 10.2. The molecule has 0 saturated heterocycles. The van der Waals surface area contributed by atoms with Crippen LogP contribution in [0, 0.1) is 0 Å². The van der Waals surface area contributed by atoms with E-state index in [1.807, 2.05) is 12.3 Å². The minimum absolute atomic E-state index is 0.539. The van der Waals surface area contributed by atoms with Crippen molar-refractivity contribution in [3.05, 3.63) is 30.1 Å². The Labute approximate surface area is 97.0 Å². The largest absolute Gasteiger partial charge is 0.370 e. The second-order valence-corrected chi connectivity index (χ2v) is 3.66. The summed E-state index contributed by atoms with van der Waals surface area (Å²) in [6.07, 6.45) is 6.79. The highest BCUT2D eigenvalue weighted by Gasteiger charge is 1.93. The molecular formula is C12H20N4. The lowest BCUT2D eigenvalue weighted by Gasteiger charge is -2.05. The van der Waals surface area contributed by atoms with Crippen LogP contribution < -0.4 is 11.1 Å². The first kappa shape index (κ1) is 12.5. The van der Waals surface area contributed by atoms with Gasteiger partial charge in [0, 0.05) is 25.5 Å². The number of nitrogens with zero attached hydrogens (tertiary/aromatic N) is 2. The van der Waals surface area contributed by atoms with Crippen molar-refractivity contribution in [2.75, 3.05) is 13.1 Å². The molecule has 0 spiro atoms. The van der Waals surface area contributed by atoms with E-state index in [-0.39, 0.29) is 0 Å². The molecule has 0 aliphatic carbocycles. The highest BCUT2D eigenvalue weighted by atomic mass is 15.1. The van der Waals surface area contributed by atoms with E-state index in [0.717, 1.165) is 32.4 Å². The van der Waals surface area contributed by atoms with Crippen LogP contribution in [-0.2, 0) is 6.42 Å². The smallest absolute Gasteiger partial charge is 0.188 e. The topological polar surface area (TPSA) is 63.3 Å². The number of rotatable bonds is 6. The monoisotopic (exact) mass is 220 g/mol. The normalized spacial score (nSPS) is 11.4. The van der Waals surface area contributed by atoms with Gasteiger partial charge in [-0.2, -0.15) is 0 Å². The number of pyridine rings is 1. The third-order valence-corrected chi connectivity index (χ3v) is 2.24. The summed E-state index contributed by atoms with van der Waals surface area (Å²) in [5.74, 6) is 0.539. The Morgan fingerprint density at radius 3 is 3.12 bits per heavy atom. The number of nitrogens with two attached hydrogens (primary N) is 1. The molecule has 4 nitrogen and oxygen atoms in total. The van der Waals surface area contributed by atoms with E-state index in [1.54, 1.807) is 6.20 Å². The zero-order valence-corrected chi connectivity index (χ0v) is 9.82. The van der Waals surface area contributed by atoms with Crippen molar-refractivity contribution in [2.24, 2.45) is 10.7 Å². The predicted octanol–water partition coefficient (Wildman–Crippen LogP) is 1.33. The number of aliphatic imine (C=N–C) groups is 1. The fourth-order valence-electron chi connectivity index (χ4n) is 1.29. The summed E-state index contributed by atoms with van der Waals surface area (Å²) < 4.78 is 0. The standard InChI is InChI=1S/C12H20N4/c1-2-3-8-15-12(13)16-9-6-11-5-4-7-14-10-11/h4-5,7,10H,2-3,6,8-9H2,1H3,(H3,13,15,16). The van der Waals surface area contributed by atoms with Crippen LogP contribution >= 0.6 is 0 Å². The lowest BCUT2D eigenvalue weighted by molar-refractivity contribution is 0.790. The van der Waals surface area contributed by atoms with Gasteiger partial charge in [-0.3, -0.25) is 9.98 Å². The van der Waals surface area contributed by atoms with Crippen molar-refractivity contribution in [2.45, 2.75) is 26.2 Å². The molecule has 4 heteroatoms. The summed E-state index contributed by atoms with van der Waals surface area (Å²) in [6, 6.07) is 3.99. The average Bonchev–Trinajstić information content (AvgIpc) is 2.31. The number of unbranched alkanes of at least 4 members (excludes halogenated alkanes) is 1. The van der Waals surface area contributed by atoms with E-state index in [1.165, 1.54) is 5.56 Å². The zero-order chi connectivity index (χ0) is 11.6. The van der Waals surface area contributed by atoms with Gasteiger partial charge in [0.1, 0.15) is 0 Å². The molecule has 3 N–H and O–H groups in total. The third kappa shape index (κ3) is 5.34. The number of nitrogens with one attached hydrogen (secondary N) is 1. The molecule has 0 aliphatic rings. The summed E-state index contributed by atoms with van der Waals surface area (Å²) >= 11 is 0. The first-order valence-corrected chi connectivity index (χ1v) is 5.75. The van der Waals surface area contributed by atoms with Crippen LogP contribution in [0.4, 0.5) is 0 Å². The van der Waals surface area contributed by atoms with Crippen molar-refractivity contribution >= 4 is 5.96 Å².